The normalized spacial score (nSPS) is 14.4. The molecule has 0 radical (unpaired) electrons. The minimum absolute atomic E-state index is 0.149. The summed E-state index contributed by atoms with van der Waals surface area (Å²) in [6.07, 6.45) is -1.31. The largest absolute Gasteiger partial charge is 0.462 e. The van der Waals surface area contributed by atoms with Crippen molar-refractivity contribution < 1.29 is 62.3 Å². The molecule has 0 saturated heterocycles. The number of aliphatic hydroxyl groups is 1. The summed E-state index contributed by atoms with van der Waals surface area (Å²) in [6, 6.07) is 0. The average Bonchev–Trinajstić information content (AvgIpc) is 3.04. The summed E-state index contributed by atoms with van der Waals surface area (Å²) in [7, 11) is 0. The van der Waals surface area contributed by atoms with Crippen molar-refractivity contribution in [3.63, 3.8) is 0 Å². The average molecular weight is 801 g/mol. The molecule has 15 nitrogen and oxygen atoms in total. The van der Waals surface area contributed by atoms with Crippen molar-refractivity contribution in [2.45, 2.75) is 164 Å². The first-order chi connectivity index (χ1) is 25.3. The van der Waals surface area contributed by atoms with E-state index in [0.29, 0.717) is 19.3 Å². The smallest absolute Gasteiger partial charge is 0.330 e. The predicted octanol–water partition coefficient (Wildman–Crippen LogP) is 4.86. The second-order valence-corrected chi connectivity index (χ2v) is 18.3. The van der Waals surface area contributed by atoms with Crippen molar-refractivity contribution in [2.24, 2.45) is 33.1 Å². The van der Waals surface area contributed by atoms with Gasteiger partial charge in [0.05, 0.1) is 31.8 Å². The molecule has 0 amide bonds. The second-order valence-electron chi connectivity index (χ2n) is 18.3. The van der Waals surface area contributed by atoms with Crippen LogP contribution in [0.4, 0.5) is 0 Å². The van der Waals surface area contributed by atoms with Crippen molar-refractivity contribution in [3.8, 4) is 0 Å². The molecule has 0 aliphatic carbocycles. The highest BCUT2D eigenvalue weighted by atomic mass is 16.6. The maximum Gasteiger partial charge on any atom is 0.330 e. The summed E-state index contributed by atoms with van der Waals surface area (Å²) in [4.78, 5) is 72.9. The molecule has 15 heteroatoms. The van der Waals surface area contributed by atoms with E-state index in [2.05, 4.69) is 11.3 Å². The molecule has 0 saturated carbocycles. The Morgan fingerprint density at radius 1 is 0.571 bits per heavy atom. The maximum atomic E-state index is 13.5. The Kier molecular flexibility index (Phi) is 20.4. The van der Waals surface area contributed by atoms with Crippen molar-refractivity contribution in [2.75, 3.05) is 26.4 Å². The van der Waals surface area contributed by atoms with Crippen LogP contribution in [0.15, 0.2) is 12.7 Å². The molecule has 56 heavy (non-hydrogen) atoms. The predicted molar refractivity (Wildman–Crippen MR) is 209 cm³/mol. The third-order valence-electron chi connectivity index (χ3n) is 11.1. The summed E-state index contributed by atoms with van der Waals surface area (Å²) in [5, 5.41) is 11.0. The van der Waals surface area contributed by atoms with E-state index >= 15 is 0 Å². The van der Waals surface area contributed by atoms with Gasteiger partial charge in [-0.15, -0.1) is 0 Å². The van der Waals surface area contributed by atoms with Gasteiger partial charge in [-0.1, -0.05) is 62.0 Å². The third-order valence-corrected chi connectivity index (χ3v) is 11.1. The van der Waals surface area contributed by atoms with Gasteiger partial charge in [-0.3, -0.25) is 24.0 Å². The van der Waals surface area contributed by atoms with Crippen LogP contribution in [0.1, 0.15) is 135 Å². The number of rotatable bonds is 26. The number of carbonyl (C=O) groups excluding carboxylic acids is 6. The minimum Gasteiger partial charge on any atom is -0.462 e. The van der Waals surface area contributed by atoms with Crippen LogP contribution in [-0.2, 0) is 57.2 Å². The maximum absolute atomic E-state index is 13.5. The van der Waals surface area contributed by atoms with E-state index in [1.807, 2.05) is 69.2 Å². The molecule has 324 valence electrons. The number of esters is 6. The van der Waals surface area contributed by atoms with Crippen molar-refractivity contribution >= 4 is 35.8 Å². The quantitative estimate of drug-likeness (QED) is 0.0459. The van der Waals surface area contributed by atoms with E-state index in [1.54, 1.807) is 13.8 Å². The van der Waals surface area contributed by atoms with Gasteiger partial charge in [-0.05, 0) is 51.4 Å². The van der Waals surface area contributed by atoms with E-state index < -0.39 is 86.9 Å². The highest BCUT2D eigenvalue weighted by molar-refractivity contribution is 5.81. The van der Waals surface area contributed by atoms with E-state index in [0.717, 1.165) is 6.08 Å². The van der Waals surface area contributed by atoms with E-state index in [-0.39, 0.29) is 52.1 Å². The topological polar surface area (TPSA) is 230 Å². The number of hydrogen-bond donors (Lipinski definition) is 3. The van der Waals surface area contributed by atoms with Crippen LogP contribution in [0.25, 0.3) is 0 Å². The van der Waals surface area contributed by atoms with Crippen LogP contribution in [0.5, 0.6) is 0 Å². The molecule has 0 aliphatic rings. The molecule has 0 rings (SSSR count). The first-order valence-corrected chi connectivity index (χ1v) is 19.2. The van der Waals surface area contributed by atoms with Crippen LogP contribution in [-0.4, -0.2) is 96.7 Å². The number of carbonyl (C=O) groups is 6. The summed E-state index contributed by atoms with van der Waals surface area (Å²) < 4.78 is 31.8. The molecule has 0 aliphatic heterocycles. The summed E-state index contributed by atoms with van der Waals surface area (Å²) in [5.74, 6) is -3.83. The number of ether oxygens (including phenoxy) is 6. The standard InChI is InChI=1S/C41H72N2O13/c1-15-31(46)51-20-21-52-32(47)16-17-33(48)53-22-23-54-34(49)18-19-35(50)56-29(39(9,10)36(3,4)24-28(45)41(13,14)43)25-37(5,6)40(11,12)30(55-27(2)44)26-38(7,8)42/h15,28-30,45H,1,16-26,42-43H2,2-14H3. The van der Waals surface area contributed by atoms with Gasteiger partial charge in [0.2, 0.25) is 0 Å². The Balaban J connectivity index is 5.69. The van der Waals surface area contributed by atoms with Gasteiger partial charge in [0.25, 0.3) is 0 Å². The van der Waals surface area contributed by atoms with Crippen LogP contribution >= 0.6 is 0 Å². The molecule has 0 heterocycles. The summed E-state index contributed by atoms with van der Waals surface area (Å²) in [6.45, 7) is 26.9. The highest BCUT2D eigenvalue weighted by Crippen LogP contribution is 2.54. The Labute approximate surface area is 334 Å². The molecule has 0 fully saturated rings. The van der Waals surface area contributed by atoms with Gasteiger partial charge in [-0.2, -0.15) is 0 Å². The van der Waals surface area contributed by atoms with Crippen LogP contribution < -0.4 is 11.5 Å². The van der Waals surface area contributed by atoms with E-state index in [1.165, 1.54) is 6.92 Å². The summed E-state index contributed by atoms with van der Waals surface area (Å²) in [5.41, 5.74) is 8.46. The molecular formula is C41H72N2O13. The molecule has 0 bridgehead atoms. The Morgan fingerprint density at radius 2 is 0.929 bits per heavy atom. The van der Waals surface area contributed by atoms with Crippen molar-refractivity contribution in [1.29, 1.82) is 0 Å². The first-order valence-electron chi connectivity index (χ1n) is 19.2. The molecule has 0 aromatic heterocycles. The molecule has 0 aromatic carbocycles. The number of aliphatic hydroxyl groups excluding tert-OH is 1. The van der Waals surface area contributed by atoms with Crippen LogP contribution in [0.2, 0.25) is 0 Å². The lowest BCUT2D eigenvalue weighted by molar-refractivity contribution is -0.177. The fraction of sp³-hybridized carbons (Fsp3) is 0.805. The molecular weight excluding hydrogens is 728 g/mol. The van der Waals surface area contributed by atoms with E-state index in [9.17, 15) is 33.9 Å². The third kappa shape index (κ3) is 18.6. The number of hydrogen-bond acceptors (Lipinski definition) is 15. The number of nitrogens with two attached hydrogens (primary N) is 2. The zero-order valence-electron chi connectivity index (χ0n) is 36.3. The molecule has 3 atom stereocenters. The Bertz CT molecular complexity index is 1340. The van der Waals surface area contributed by atoms with E-state index in [4.69, 9.17) is 35.2 Å². The Hall–Kier alpha value is -3.56. The molecule has 5 N–H and O–H groups in total. The van der Waals surface area contributed by atoms with Gasteiger partial charge >= 0.3 is 35.8 Å². The monoisotopic (exact) mass is 801 g/mol. The second kappa shape index (κ2) is 21.8. The van der Waals surface area contributed by atoms with Gasteiger partial charge in [0.1, 0.15) is 38.6 Å². The van der Waals surface area contributed by atoms with Gasteiger partial charge in [0.15, 0.2) is 0 Å². The first kappa shape index (κ1) is 52.4. The fourth-order valence-electron chi connectivity index (χ4n) is 5.68. The molecule has 0 spiro atoms. The van der Waals surface area contributed by atoms with Crippen LogP contribution in [0, 0.1) is 21.7 Å². The van der Waals surface area contributed by atoms with Crippen molar-refractivity contribution in [3.05, 3.63) is 12.7 Å². The zero-order valence-corrected chi connectivity index (χ0v) is 36.3. The van der Waals surface area contributed by atoms with Gasteiger partial charge in [0, 0.05) is 41.3 Å². The zero-order chi connectivity index (χ0) is 43.9. The minimum atomic E-state index is -0.884. The molecule has 3 unspecified atom stereocenters. The molecule has 0 aromatic rings. The van der Waals surface area contributed by atoms with Crippen molar-refractivity contribution in [1.82, 2.24) is 0 Å². The highest BCUT2D eigenvalue weighted by Gasteiger charge is 2.53. The summed E-state index contributed by atoms with van der Waals surface area (Å²) >= 11 is 0. The SMILES string of the molecule is C=CC(=O)OCCOC(=O)CCC(=O)OCCOC(=O)CCC(=O)OC(CC(C)(C)C(C)(C)C(CC(C)(C)N)OC(C)=O)C(C)(C)C(C)(C)CC(O)C(C)(C)N. The lowest BCUT2D eigenvalue weighted by Gasteiger charge is -2.53. The van der Waals surface area contributed by atoms with Crippen LogP contribution in [0.3, 0.4) is 0 Å². The lowest BCUT2D eigenvalue weighted by atomic mass is 9.55. The van der Waals surface area contributed by atoms with Gasteiger partial charge in [-0.25, -0.2) is 4.79 Å². The van der Waals surface area contributed by atoms with Gasteiger partial charge < -0.3 is 45.0 Å². The lowest BCUT2D eigenvalue weighted by Crippen LogP contribution is -2.54. The fourth-order valence-corrected chi connectivity index (χ4v) is 5.68. The Morgan fingerprint density at radius 3 is 1.29 bits per heavy atom.